The van der Waals surface area contributed by atoms with Crippen LogP contribution in [-0.4, -0.2) is 6.10 Å². The molecule has 0 aromatic heterocycles. The van der Waals surface area contributed by atoms with Crippen molar-refractivity contribution < 1.29 is 4.74 Å². The Morgan fingerprint density at radius 3 is 1.97 bits per heavy atom. The quantitative estimate of drug-likeness (QED) is 0.369. The second-order valence-corrected chi connectivity index (χ2v) is 8.25. The summed E-state index contributed by atoms with van der Waals surface area (Å²) in [5.41, 5.74) is 8.17. The Hall–Kier alpha value is -4.04. The molecule has 154 valence electrons. The lowest BCUT2D eigenvalue weighted by Gasteiger charge is -2.14. The van der Waals surface area contributed by atoms with Crippen LogP contribution >= 0.6 is 0 Å². The van der Waals surface area contributed by atoms with E-state index < -0.39 is 0 Å². The van der Waals surface area contributed by atoms with Crippen molar-refractivity contribution in [2.45, 2.75) is 12.0 Å². The normalized spacial score (nSPS) is 18.0. The Kier molecular flexibility index (Phi) is 4.62. The van der Waals surface area contributed by atoms with E-state index in [-0.39, 0.29) is 6.10 Å². The van der Waals surface area contributed by atoms with Crippen LogP contribution in [0.3, 0.4) is 0 Å². The third kappa shape index (κ3) is 3.40. The number of anilines is 2. The number of fused-ring (bicyclic) bond motifs is 3. The van der Waals surface area contributed by atoms with E-state index in [1.807, 2.05) is 6.07 Å². The molecule has 0 saturated heterocycles. The number of nitrogens with one attached hydrogen (secondary N) is 1. The Morgan fingerprint density at radius 2 is 1.22 bits per heavy atom. The van der Waals surface area contributed by atoms with E-state index in [0.29, 0.717) is 5.92 Å². The minimum Gasteiger partial charge on any atom is -0.484 e. The van der Waals surface area contributed by atoms with Crippen molar-refractivity contribution in [3.05, 3.63) is 127 Å². The molecule has 2 atom stereocenters. The summed E-state index contributed by atoms with van der Waals surface area (Å²) in [7, 11) is 0. The van der Waals surface area contributed by atoms with Crippen molar-refractivity contribution in [3.8, 4) is 28.0 Å². The van der Waals surface area contributed by atoms with Crippen LogP contribution in [0, 0.1) is 0 Å². The van der Waals surface area contributed by atoms with Crippen molar-refractivity contribution in [3.63, 3.8) is 0 Å². The van der Waals surface area contributed by atoms with Gasteiger partial charge < -0.3 is 10.1 Å². The first-order valence-electron chi connectivity index (χ1n) is 11.0. The van der Waals surface area contributed by atoms with E-state index in [1.165, 1.54) is 22.3 Å². The average molecular weight is 414 g/mol. The first-order valence-corrected chi connectivity index (χ1v) is 11.0. The van der Waals surface area contributed by atoms with Gasteiger partial charge in [0.15, 0.2) is 0 Å². The Bertz CT molecular complexity index is 1300. The number of allylic oxidation sites excluding steroid dienone is 2. The van der Waals surface area contributed by atoms with Gasteiger partial charge in [-0.15, -0.1) is 0 Å². The van der Waals surface area contributed by atoms with Crippen LogP contribution in [-0.2, 0) is 0 Å². The first kappa shape index (κ1) is 18.7. The van der Waals surface area contributed by atoms with E-state index >= 15 is 0 Å². The lowest BCUT2D eigenvalue weighted by atomic mass is 9.90. The molecule has 0 radical (unpaired) electrons. The number of hydrogen-bond acceptors (Lipinski definition) is 2. The fourth-order valence-electron chi connectivity index (χ4n) is 4.57. The molecular weight excluding hydrogens is 390 g/mol. The number of benzene rings is 4. The monoisotopic (exact) mass is 413 g/mol. The van der Waals surface area contributed by atoms with E-state index in [0.717, 1.165) is 22.7 Å². The number of hydrogen-bond donors (Lipinski definition) is 1. The van der Waals surface area contributed by atoms with Gasteiger partial charge in [-0.2, -0.15) is 0 Å². The van der Waals surface area contributed by atoms with Crippen molar-refractivity contribution in [2.24, 2.45) is 0 Å². The zero-order valence-corrected chi connectivity index (χ0v) is 17.6. The van der Waals surface area contributed by atoms with Crippen molar-refractivity contribution in [1.82, 2.24) is 0 Å². The van der Waals surface area contributed by atoms with Gasteiger partial charge in [-0.05, 0) is 47.0 Å². The Morgan fingerprint density at radius 1 is 0.562 bits per heavy atom. The third-order valence-electron chi connectivity index (χ3n) is 6.22. The van der Waals surface area contributed by atoms with Crippen molar-refractivity contribution >= 4 is 11.4 Å². The SMILES string of the molecule is C1=CC2Oc3c(-c4ccc(Nc5ccc(-c6ccccc6)cc5)cc4)cccc3C2C=C1. The summed E-state index contributed by atoms with van der Waals surface area (Å²) in [5.74, 6) is 1.32. The van der Waals surface area contributed by atoms with Crippen molar-refractivity contribution in [1.29, 1.82) is 0 Å². The van der Waals surface area contributed by atoms with Crippen LogP contribution < -0.4 is 10.1 Å². The highest BCUT2D eigenvalue weighted by Gasteiger charge is 2.33. The molecule has 6 rings (SSSR count). The first-order chi connectivity index (χ1) is 15.8. The van der Waals surface area contributed by atoms with Gasteiger partial charge in [-0.1, -0.05) is 91.0 Å². The summed E-state index contributed by atoms with van der Waals surface area (Å²) < 4.78 is 6.32. The fraction of sp³-hybridized carbons (Fsp3) is 0.0667. The largest absolute Gasteiger partial charge is 0.484 e. The third-order valence-corrected chi connectivity index (χ3v) is 6.22. The molecule has 2 unspecified atom stereocenters. The molecule has 1 aliphatic carbocycles. The van der Waals surface area contributed by atoms with Crippen LogP contribution in [0.5, 0.6) is 5.75 Å². The molecule has 2 nitrogen and oxygen atoms in total. The molecule has 32 heavy (non-hydrogen) atoms. The van der Waals surface area contributed by atoms with Gasteiger partial charge in [0.05, 0.1) is 0 Å². The smallest absolute Gasteiger partial charge is 0.132 e. The molecule has 2 heteroatoms. The zero-order chi connectivity index (χ0) is 21.3. The lowest BCUT2D eigenvalue weighted by molar-refractivity contribution is 0.270. The maximum Gasteiger partial charge on any atom is 0.132 e. The van der Waals surface area contributed by atoms with Crippen LogP contribution in [0.1, 0.15) is 11.5 Å². The Balaban J connectivity index is 1.22. The zero-order valence-electron chi connectivity index (χ0n) is 17.6. The minimum atomic E-state index is 0.107. The van der Waals surface area contributed by atoms with Gasteiger partial charge in [0.25, 0.3) is 0 Å². The molecule has 0 spiro atoms. The maximum atomic E-state index is 6.32. The van der Waals surface area contributed by atoms with E-state index in [4.69, 9.17) is 4.74 Å². The number of para-hydroxylation sites is 1. The number of ether oxygens (including phenoxy) is 1. The molecule has 2 aliphatic rings. The van der Waals surface area contributed by atoms with Gasteiger partial charge in [0.1, 0.15) is 11.9 Å². The van der Waals surface area contributed by atoms with Crippen LogP contribution in [0.15, 0.2) is 121 Å². The van der Waals surface area contributed by atoms with Crippen LogP contribution in [0.25, 0.3) is 22.3 Å². The second kappa shape index (κ2) is 7.90. The summed E-state index contributed by atoms with van der Waals surface area (Å²) in [4.78, 5) is 0. The molecular formula is C30H23NO. The summed E-state index contributed by atoms with van der Waals surface area (Å²) in [6.07, 6.45) is 8.66. The summed E-state index contributed by atoms with van der Waals surface area (Å²) in [6.45, 7) is 0. The second-order valence-electron chi connectivity index (χ2n) is 8.25. The molecule has 0 fully saturated rings. The van der Waals surface area contributed by atoms with Gasteiger partial charge in [0.2, 0.25) is 0 Å². The highest BCUT2D eigenvalue weighted by Crippen LogP contribution is 2.46. The fourth-order valence-corrected chi connectivity index (χ4v) is 4.57. The Labute approximate surface area is 188 Å². The molecule has 1 heterocycles. The van der Waals surface area contributed by atoms with E-state index in [9.17, 15) is 0 Å². The molecule has 1 N–H and O–H groups in total. The minimum absolute atomic E-state index is 0.107. The molecule has 0 bridgehead atoms. The molecule has 0 amide bonds. The average Bonchev–Trinajstić information content (AvgIpc) is 3.25. The highest BCUT2D eigenvalue weighted by molar-refractivity contribution is 5.76. The van der Waals surface area contributed by atoms with E-state index in [2.05, 4.69) is 121 Å². The topological polar surface area (TPSA) is 21.3 Å². The predicted molar refractivity (Wildman–Crippen MR) is 132 cm³/mol. The van der Waals surface area contributed by atoms with Crippen molar-refractivity contribution in [2.75, 3.05) is 5.32 Å². The van der Waals surface area contributed by atoms with Crippen LogP contribution in [0.2, 0.25) is 0 Å². The molecule has 0 saturated carbocycles. The van der Waals surface area contributed by atoms with Gasteiger partial charge >= 0.3 is 0 Å². The number of rotatable bonds is 4. The van der Waals surface area contributed by atoms with Crippen LogP contribution in [0.4, 0.5) is 11.4 Å². The summed E-state index contributed by atoms with van der Waals surface area (Å²) in [5, 5.41) is 3.50. The predicted octanol–water partition coefficient (Wildman–Crippen LogP) is 7.73. The standard InChI is InChI=1S/C30H23NO/c1-2-7-21(8-3-1)22-13-17-24(18-14-22)31-25-19-15-23(16-20-25)26-10-6-11-28-27-9-4-5-12-29(27)32-30(26)28/h1-20,27,29,31H. The molecule has 4 aromatic carbocycles. The molecule has 4 aromatic rings. The van der Waals surface area contributed by atoms with Gasteiger partial charge in [-0.3, -0.25) is 0 Å². The summed E-state index contributed by atoms with van der Waals surface area (Å²) >= 11 is 0. The van der Waals surface area contributed by atoms with Gasteiger partial charge in [0, 0.05) is 28.4 Å². The summed E-state index contributed by atoms with van der Waals surface area (Å²) in [6, 6.07) is 34.0. The highest BCUT2D eigenvalue weighted by atomic mass is 16.5. The lowest BCUT2D eigenvalue weighted by Crippen LogP contribution is -2.15. The maximum absolute atomic E-state index is 6.32. The molecule has 1 aliphatic heterocycles. The van der Waals surface area contributed by atoms with Gasteiger partial charge in [-0.25, -0.2) is 0 Å². The van der Waals surface area contributed by atoms with E-state index in [1.54, 1.807) is 0 Å².